The van der Waals surface area contributed by atoms with E-state index in [-0.39, 0.29) is 36.8 Å². The molecule has 4 rings (SSSR count). The number of carboxylic acid groups (broad SMARTS) is 1. The van der Waals surface area contributed by atoms with Gasteiger partial charge < -0.3 is 34.0 Å². The lowest BCUT2D eigenvalue weighted by Gasteiger charge is -2.28. The summed E-state index contributed by atoms with van der Waals surface area (Å²) in [6, 6.07) is 16.0. The molecule has 3 amide bonds. The molecule has 24 heteroatoms. The first-order valence-corrected chi connectivity index (χ1v) is 22.0. The fraction of sp³-hybridized carbons (Fsp3) is 0.244. The van der Waals surface area contributed by atoms with Gasteiger partial charge in [0.05, 0.1) is 10.0 Å². The molecule has 0 heterocycles. The molecule has 0 bridgehead atoms. The topological polar surface area (TPSA) is 267 Å². The maximum Gasteiger partial charge on any atom is 0.429 e. The summed E-state index contributed by atoms with van der Waals surface area (Å²) in [4.78, 5) is 92.4. The Balaban J connectivity index is 0.000000353. The molecule has 0 spiro atoms. The highest BCUT2D eigenvalue weighted by molar-refractivity contribution is 7.93. The number of rotatable bonds is 12. The molecule has 0 fully saturated rings. The highest BCUT2D eigenvalue weighted by Gasteiger charge is 2.39. The summed E-state index contributed by atoms with van der Waals surface area (Å²) in [5.41, 5.74) is -2.52. The van der Waals surface area contributed by atoms with Crippen LogP contribution in [0.25, 0.3) is 0 Å². The lowest BCUT2D eigenvalue weighted by molar-refractivity contribution is -0.132. The normalized spacial score (nSPS) is 11.2. The maximum atomic E-state index is 13.9. The molecule has 0 aliphatic heterocycles. The summed E-state index contributed by atoms with van der Waals surface area (Å²) in [6.45, 7) is 6.58. The van der Waals surface area contributed by atoms with Crippen LogP contribution in [0.15, 0.2) is 88.7 Å². The molecule has 0 unspecified atom stereocenters. The van der Waals surface area contributed by atoms with Crippen LogP contribution in [0.3, 0.4) is 0 Å². The summed E-state index contributed by atoms with van der Waals surface area (Å²) in [5.74, 6) is -6.08. The Labute approximate surface area is 383 Å². The van der Waals surface area contributed by atoms with Gasteiger partial charge in [0, 0.05) is 53.2 Å². The fourth-order valence-corrected chi connectivity index (χ4v) is 8.23. The van der Waals surface area contributed by atoms with E-state index in [4.69, 9.17) is 37.4 Å². The Morgan fingerprint density at radius 3 is 1.65 bits per heavy atom. The number of nitrogens with one attached hydrogen (secondary N) is 1. The van der Waals surface area contributed by atoms with Gasteiger partial charge in [0.2, 0.25) is 0 Å². The first kappa shape index (κ1) is 52.8. The van der Waals surface area contributed by atoms with Gasteiger partial charge >= 0.3 is 30.0 Å². The Morgan fingerprint density at radius 2 is 1.15 bits per heavy atom. The van der Waals surface area contributed by atoms with Gasteiger partial charge in [-0.25, -0.2) is 31.2 Å². The van der Waals surface area contributed by atoms with Crippen LogP contribution in [-0.4, -0.2) is 107 Å². The standard InChI is InChI=1S/C23H25ClN2O9S.C18H17ClN2O7S/c1-13(27)34-19-15(21(29)30)8-7-9-17(19)26(22(31)35-23(2,3)4)36(32,33)18-12-14(10-11-16(18)24)20(28)25(5)6;1-11(22)27-15-7-5-4-6-13(15)18(24)28-20-29(25,26)16-10-12(8-9-14(16)19)17(23)21(2)3/h7-12H,1-6H3,(H,29,30);4-10,20H,1-3H3. The van der Waals surface area contributed by atoms with Crippen molar-refractivity contribution >= 4 is 90.7 Å². The molecular weight excluding hydrogens is 940 g/mol. The first-order valence-electron chi connectivity index (χ1n) is 18.4. The van der Waals surface area contributed by atoms with Gasteiger partial charge in [0.15, 0.2) is 5.75 Å². The number of amides is 3. The molecule has 4 aromatic carbocycles. The number of nitrogens with zero attached hydrogens (tertiary/aromatic N) is 3. The minimum Gasteiger partial charge on any atom is -0.478 e. The second kappa shape index (κ2) is 21.4. The number of halogens is 2. The zero-order chi connectivity index (χ0) is 49.4. The summed E-state index contributed by atoms with van der Waals surface area (Å²) >= 11 is 12.1. The van der Waals surface area contributed by atoms with Gasteiger partial charge in [0.25, 0.3) is 31.9 Å². The van der Waals surface area contributed by atoms with E-state index in [2.05, 4.69) is 4.84 Å². The van der Waals surface area contributed by atoms with E-state index < -0.39 is 94.2 Å². The SMILES string of the molecule is CC(=O)Oc1c(C(=O)O)cccc1N(C(=O)OC(C)(C)C)S(=O)(=O)c1cc(C(=O)N(C)C)ccc1Cl.CC(=O)Oc1ccccc1C(=O)ONS(=O)(=O)c1cc(C(=O)N(C)C)ccc1Cl. The zero-order valence-corrected chi connectivity index (χ0v) is 39.1. The second-order valence-electron chi connectivity index (χ2n) is 14.6. The van der Waals surface area contributed by atoms with Crippen LogP contribution >= 0.6 is 23.2 Å². The molecule has 0 saturated heterocycles. The molecule has 0 saturated carbocycles. The number of sulfonamides is 2. The number of carbonyl (C=O) groups is 7. The van der Waals surface area contributed by atoms with E-state index in [1.807, 2.05) is 0 Å². The van der Waals surface area contributed by atoms with Gasteiger partial charge in [-0.2, -0.15) is 4.31 Å². The van der Waals surface area contributed by atoms with Gasteiger partial charge in [-0.3, -0.25) is 19.2 Å². The zero-order valence-electron chi connectivity index (χ0n) is 36.0. The summed E-state index contributed by atoms with van der Waals surface area (Å²) < 4.78 is 68.1. The molecule has 4 aromatic rings. The van der Waals surface area contributed by atoms with E-state index in [0.29, 0.717) is 0 Å². The van der Waals surface area contributed by atoms with E-state index in [1.165, 1.54) is 107 Å². The number of anilines is 1. The summed E-state index contributed by atoms with van der Waals surface area (Å²) in [7, 11) is -3.45. The number of benzene rings is 4. The summed E-state index contributed by atoms with van der Waals surface area (Å²) in [5, 5.41) is 9.08. The molecule has 0 aromatic heterocycles. The second-order valence-corrected chi connectivity index (χ2v) is 18.7. The van der Waals surface area contributed by atoms with Crippen molar-refractivity contribution in [1.82, 2.24) is 14.7 Å². The van der Waals surface area contributed by atoms with Gasteiger partial charge in [0.1, 0.15) is 38.0 Å². The molecule has 0 aliphatic carbocycles. The van der Waals surface area contributed by atoms with Gasteiger partial charge in [-0.05, 0) is 86.3 Å². The van der Waals surface area contributed by atoms with Crippen LogP contribution in [0.2, 0.25) is 10.0 Å². The van der Waals surface area contributed by atoms with Crippen molar-refractivity contribution in [3.63, 3.8) is 0 Å². The number of carboxylic acids is 1. The smallest absolute Gasteiger partial charge is 0.429 e. The van der Waals surface area contributed by atoms with Crippen molar-refractivity contribution in [3.8, 4) is 11.5 Å². The number of aromatic carboxylic acids is 1. The third kappa shape index (κ3) is 13.7. The van der Waals surface area contributed by atoms with Crippen molar-refractivity contribution in [3.05, 3.63) is 111 Å². The van der Waals surface area contributed by atoms with E-state index >= 15 is 0 Å². The number of hydrogen-bond donors (Lipinski definition) is 2. The van der Waals surface area contributed by atoms with Crippen molar-refractivity contribution in [2.24, 2.45) is 0 Å². The predicted molar refractivity (Wildman–Crippen MR) is 233 cm³/mol. The van der Waals surface area contributed by atoms with E-state index in [9.17, 15) is 55.5 Å². The molecule has 0 atom stereocenters. The van der Waals surface area contributed by atoms with Crippen LogP contribution in [0.4, 0.5) is 10.5 Å². The molecule has 0 aliphatic rings. The van der Waals surface area contributed by atoms with Gasteiger partial charge in [-0.15, -0.1) is 0 Å². The first-order chi connectivity index (χ1) is 30.0. The van der Waals surface area contributed by atoms with Crippen molar-refractivity contribution < 1.29 is 74.6 Å². The van der Waals surface area contributed by atoms with E-state index in [0.717, 1.165) is 44.2 Å². The molecule has 2 N–H and O–H groups in total. The van der Waals surface area contributed by atoms with Crippen molar-refractivity contribution in [2.45, 2.75) is 50.0 Å². The highest BCUT2D eigenvalue weighted by atomic mass is 35.5. The summed E-state index contributed by atoms with van der Waals surface area (Å²) in [6.07, 6.45) is -1.43. The minimum absolute atomic E-state index is 0.0494. The largest absolute Gasteiger partial charge is 0.478 e. The Kier molecular flexibility index (Phi) is 17.4. The Morgan fingerprint density at radius 1 is 0.662 bits per heavy atom. The van der Waals surface area contributed by atoms with Crippen LogP contribution in [-0.2, 0) is 39.2 Å². The Bertz CT molecular complexity index is 2770. The van der Waals surface area contributed by atoms with Crippen LogP contribution in [0.5, 0.6) is 11.5 Å². The van der Waals surface area contributed by atoms with Crippen molar-refractivity contribution in [2.75, 3.05) is 32.5 Å². The molecule has 65 heavy (non-hydrogen) atoms. The minimum atomic E-state index is -4.97. The van der Waals surface area contributed by atoms with Crippen LogP contribution in [0, 0.1) is 0 Å². The molecule has 0 radical (unpaired) electrons. The predicted octanol–water partition coefficient (Wildman–Crippen LogP) is 5.81. The molecular formula is C41H42Cl2N4O16S2. The lowest BCUT2D eigenvalue weighted by atomic mass is 10.1. The Hall–Kier alpha value is -6.59. The lowest BCUT2D eigenvalue weighted by Crippen LogP contribution is -2.41. The fourth-order valence-electron chi connectivity index (χ4n) is 5.10. The average Bonchev–Trinajstić information content (AvgIpc) is 3.19. The highest BCUT2D eigenvalue weighted by Crippen LogP contribution is 2.39. The third-order valence-corrected chi connectivity index (χ3v) is 11.7. The number of esters is 2. The molecule has 20 nitrogen and oxygen atoms in total. The van der Waals surface area contributed by atoms with Crippen LogP contribution in [0.1, 0.15) is 76.1 Å². The van der Waals surface area contributed by atoms with E-state index in [1.54, 1.807) is 4.89 Å². The van der Waals surface area contributed by atoms with Crippen LogP contribution < -0.4 is 18.7 Å². The average molecular weight is 982 g/mol. The quantitative estimate of drug-likeness (QED) is 0.0963. The van der Waals surface area contributed by atoms with Gasteiger partial charge in [-0.1, -0.05) is 41.4 Å². The molecule has 348 valence electrons. The number of para-hydroxylation sites is 2. The third-order valence-electron chi connectivity index (χ3n) is 7.83. The number of ether oxygens (including phenoxy) is 3. The number of hydrogen-bond acceptors (Lipinski definition) is 15. The number of carbonyl (C=O) groups excluding carboxylic acids is 6. The maximum absolute atomic E-state index is 13.9. The van der Waals surface area contributed by atoms with Crippen molar-refractivity contribution in [1.29, 1.82) is 0 Å². The monoisotopic (exact) mass is 980 g/mol.